The first-order valence-electron chi connectivity index (χ1n) is 14.0. The zero-order valence-corrected chi connectivity index (χ0v) is 26.1. The number of rotatable bonds is 12. The van der Waals surface area contributed by atoms with Gasteiger partial charge in [-0.25, -0.2) is 0 Å². The molecule has 6 nitrogen and oxygen atoms in total. The van der Waals surface area contributed by atoms with Gasteiger partial charge in [-0.05, 0) is 69.8 Å². The number of aliphatic hydroxyl groups is 1. The SMILES string of the molecule is CCOC(=O)CCCCCCCCN1CCN(C)CC1.OCCn1c2ccc(Br)cc2c2cc(Br)ccc21. The van der Waals surface area contributed by atoms with Gasteiger partial charge in [0.15, 0.2) is 0 Å². The molecule has 0 saturated carbocycles. The van der Waals surface area contributed by atoms with E-state index in [0.717, 1.165) is 32.8 Å². The number of fused-ring (bicyclic) bond motifs is 3. The lowest BCUT2D eigenvalue weighted by Crippen LogP contribution is -2.44. The van der Waals surface area contributed by atoms with Gasteiger partial charge in [0, 0.05) is 69.9 Å². The molecule has 210 valence electrons. The second kappa shape index (κ2) is 16.6. The number of esters is 1. The summed E-state index contributed by atoms with van der Waals surface area (Å²) in [6.07, 6.45) is 7.94. The number of piperazine rings is 1. The van der Waals surface area contributed by atoms with Gasteiger partial charge in [0.05, 0.1) is 13.2 Å². The van der Waals surface area contributed by atoms with Crippen molar-refractivity contribution < 1.29 is 14.6 Å². The van der Waals surface area contributed by atoms with Gasteiger partial charge >= 0.3 is 5.97 Å². The van der Waals surface area contributed by atoms with Crippen LogP contribution in [0.5, 0.6) is 0 Å². The minimum absolute atomic E-state index is 0.0393. The number of unbranched alkanes of at least 4 members (excludes halogenated alkanes) is 5. The van der Waals surface area contributed by atoms with Crippen LogP contribution in [-0.2, 0) is 16.1 Å². The Hall–Kier alpha value is -1.45. The van der Waals surface area contributed by atoms with E-state index in [2.05, 4.69) is 77.5 Å². The van der Waals surface area contributed by atoms with Crippen molar-refractivity contribution in [3.8, 4) is 0 Å². The average Bonchev–Trinajstić information content (AvgIpc) is 3.19. The summed E-state index contributed by atoms with van der Waals surface area (Å²) in [4.78, 5) is 16.1. The van der Waals surface area contributed by atoms with E-state index in [9.17, 15) is 9.90 Å². The van der Waals surface area contributed by atoms with E-state index in [1.807, 2.05) is 19.1 Å². The number of hydrogen-bond donors (Lipinski definition) is 1. The van der Waals surface area contributed by atoms with E-state index in [4.69, 9.17) is 4.74 Å². The molecule has 1 aliphatic rings. The largest absolute Gasteiger partial charge is 0.466 e. The molecule has 4 rings (SSSR count). The molecule has 0 amide bonds. The molecule has 8 heteroatoms. The van der Waals surface area contributed by atoms with Gasteiger partial charge in [-0.2, -0.15) is 0 Å². The molecule has 1 saturated heterocycles. The molecule has 38 heavy (non-hydrogen) atoms. The third kappa shape index (κ3) is 9.63. The lowest BCUT2D eigenvalue weighted by molar-refractivity contribution is -0.143. The van der Waals surface area contributed by atoms with E-state index in [-0.39, 0.29) is 12.6 Å². The fourth-order valence-electron chi connectivity index (χ4n) is 5.01. The molecule has 0 atom stereocenters. The first-order valence-corrected chi connectivity index (χ1v) is 15.6. The van der Waals surface area contributed by atoms with Crippen LogP contribution >= 0.6 is 31.9 Å². The Morgan fingerprint density at radius 3 is 1.95 bits per heavy atom. The standard InChI is InChI=1S/C16H32N2O2.C14H11Br2NO/c1-3-20-16(19)10-8-6-4-5-7-9-11-18-14-12-17(2)13-15-18;15-9-1-3-13-11(7-9)12-8-10(16)2-4-14(12)17(13)5-6-18/h3-15H2,1-2H3;1-4,7-8,18H,5-6H2. The van der Waals surface area contributed by atoms with Crippen molar-refractivity contribution >= 4 is 59.6 Å². The zero-order valence-electron chi connectivity index (χ0n) is 22.9. The summed E-state index contributed by atoms with van der Waals surface area (Å²) in [6, 6.07) is 12.5. The Morgan fingerprint density at radius 1 is 0.842 bits per heavy atom. The van der Waals surface area contributed by atoms with Crippen LogP contribution in [0.15, 0.2) is 45.3 Å². The lowest BCUT2D eigenvalue weighted by atomic mass is 10.1. The molecule has 1 N–H and O–H groups in total. The molecule has 1 aromatic heterocycles. The molecular formula is C30H43Br2N3O3. The van der Waals surface area contributed by atoms with E-state index in [0.29, 0.717) is 19.6 Å². The number of benzene rings is 2. The Kier molecular flexibility index (Phi) is 13.6. The molecule has 2 heterocycles. The minimum Gasteiger partial charge on any atom is -0.466 e. The first kappa shape index (κ1) is 31.1. The first-order chi connectivity index (χ1) is 18.4. The summed E-state index contributed by atoms with van der Waals surface area (Å²) in [7, 11) is 2.20. The van der Waals surface area contributed by atoms with Gasteiger partial charge in [-0.1, -0.05) is 57.5 Å². The molecule has 0 unspecified atom stereocenters. The summed E-state index contributed by atoms with van der Waals surface area (Å²) in [5.41, 5.74) is 2.31. The summed E-state index contributed by atoms with van der Waals surface area (Å²) in [5.74, 6) is -0.0393. The number of carbonyl (C=O) groups excluding carboxylic acids is 1. The highest BCUT2D eigenvalue weighted by Gasteiger charge is 2.13. The number of likely N-dealkylation sites (N-methyl/N-ethyl adjacent to an activating group) is 1. The highest BCUT2D eigenvalue weighted by atomic mass is 79.9. The Balaban J connectivity index is 0.000000211. The van der Waals surface area contributed by atoms with Crippen LogP contribution in [0, 0.1) is 0 Å². The third-order valence-electron chi connectivity index (χ3n) is 7.12. The van der Waals surface area contributed by atoms with E-state index in [1.165, 1.54) is 69.2 Å². The van der Waals surface area contributed by atoms with Crippen molar-refractivity contribution in [3.63, 3.8) is 0 Å². The van der Waals surface area contributed by atoms with Crippen molar-refractivity contribution in [1.82, 2.24) is 14.4 Å². The van der Waals surface area contributed by atoms with Gasteiger partial charge in [0.1, 0.15) is 0 Å². The summed E-state index contributed by atoms with van der Waals surface area (Å²) >= 11 is 7.03. The zero-order chi connectivity index (χ0) is 27.3. The van der Waals surface area contributed by atoms with Gasteiger partial charge in [0.2, 0.25) is 0 Å². The van der Waals surface area contributed by atoms with E-state index < -0.39 is 0 Å². The van der Waals surface area contributed by atoms with E-state index in [1.54, 1.807) is 0 Å². The molecule has 3 aromatic rings. The number of aromatic nitrogens is 1. The summed E-state index contributed by atoms with van der Waals surface area (Å²) in [6.45, 7) is 9.28. The number of nitrogens with zero attached hydrogens (tertiary/aromatic N) is 3. The van der Waals surface area contributed by atoms with Gasteiger partial charge in [0.25, 0.3) is 0 Å². The van der Waals surface area contributed by atoms with Crippen LogP contribution in [0.1, 0.15) is 51.9 Å². The molecule has 0 bridgehead atoms. The monoisotopic (exact) mass is 651 g/mol. The Labute approximate surface area is 244 Å². The molecule has 1 fully saturated rings. The van der Waals surface area contributed by atoms with Crippen LogP contribution < -0.4 is 0 Å². The molecule has 0 spiro atoms. The second-order valence-corrected chi connectivity index (χ2v) is 11.9. The number of ether oxygens (including phenoxy) is 1. The number of halogens is 2. The molecule has 1 aliphatic heterocycles. The number of hydrogen-bond acceptors (Lipinski definition) is 5. The third-order valence-corrected chi connectivity index (χ3v) is 8.11. The maximum atomic E-state index is 11.1. The summed E-state index contributed by atoms with van der Waals surface area (Å²) < 4.78 is 9.21. The van der Waals surface area contributed by atoms with Crippen LogP contribution in [0.2, 0.25) is 0 Å². The maximum absolute atomic E-state index is 11.1. The average molecular weight is 654 g/mol. The highest BCUT2D eigenvalue weighted by Crippen LogP contribution is 2.32. The van der Waals surface area contributed by atoms with Gasteiger partial charge < -0.3 is 24.2 Å². The van der Waals surface area contributed by atoms with Gasteiger partial charge in [-0.3, -0.25) is 4.79 Å². The summed E-state index contributed by atoms with van der Waals surface area (Å²) in [5, 5.41) is 11.6. The normalized spacial score (nSPS) is 14.6. The molecular weight excluding hydrogens is 610 g/mol. The second-order valence-electron chi connectivity index (χ2n) is 10.0. The van der Waals surface area contributed by atoms with Crippen molar-refractivity contribution in [2.75, 3.05) is 53.0 Å². The molecule has 2 aromatic carbocycles. The maximum Gasteiger partial charge on any atom is 0.305 e. The van der Waals surface area contributed by atoms with Crippen molar-refractivity contribution in [3.05, 3.63) is 45.3 Å². The fourth-order valence-corrected chi connectivity index (χ4v) is 5.73. The smallest absolute Gasteiger partial charge is 0.305 e. The topological polar surface area (TPSA) is 57.9 Å². The van der Waals surface area contributed by atoms with Crippen LogP contribution in [0.3, 0.4) is 0 Å². The number of aliphatic hydroxyl groups excluding tert-OH is 1. The van der Waals surface area contributed by atoms with Crippen molar-refractivity contribution in [1.29, 1.82) is 0 Å². The molecule has 0 radical (unpaired) electrons. The predicted molar refractivity (Wildman–Crippen MR) is 165 cm³/mol. The molecule has 0 aliphatic carbocycles. The van der Waals surface area contributed by atoms with Crippen molar-refractivity contribution in [2.24, 2.45) is 0 Å². The van der Waals surface area contributed by atoms with Crippen molar-refractivity contribution in [2.45, 2.75) is 58.4 Å². The Bertz CT molecular complexity index is 1080. The fraction of sp³-hybridized carbons (Fsp3) is 0.567. The van der Waals surface area contributed by atoms with E-state index >= 15 is 0 Å². The predicted octanol–water partition coefficient (Wildman–Crippen LogP) is 6.84. The van der Waals surface area contributed by atoms with Gasteiger partial charge in [-0.15, -0.1) is 0 Å². The van der Waals surface area contributed by atoms with Crippen LogP contribution in [0.25, 0.3) is 21.8 Å². The van der Waals surface area contributed by atoms with Crippen LogP contribution in [0.4, 0.5) is 0 Å². The quantitative estimate of drug-likeness (QED) is 0.172. The van der Waals surface area contributed by atoms with Crippen LogP contribution in [-0.4, -0.2) is 78.4 Å². The number of carbonyl (C=O) groups is 1. The highest BCUT2D eigenvalue weighted by molar-refractivity contribution is 9.10. The lowest BCUT2D eigenvalue weighted by Gasteiger charge is -2.32. The minimum atomic E-state index is -0.0393. The Morgan fingerprint density at radius 2 is 1.39 bits per heavy atom.